The molecule has 0 saturated heterocycles. The molecule has 4 nitrogen and oxygen atoms in total. The predicted octanol–water partition coefficient (Wildman–Crippen LogP) is 2.54. The van der Waals surface area contributed by atoms with Gasteiger partial charge in [-0.25, -0.2) is 18.6 Å². The molecule has 0 aliphatic rings. The molecule has 0 fully saturated rings. The number of pyridine rings is 1. The van der Waals surface area contributed by atoms with Crippen LogP contribution in [0.4, 0.5) is 14.5 Å². The van der Waals surface area contributed by atoms with E-state index in [0.717, 1.165) is 6.07 Å². The fraction of sp³-hybridized carbons (Fsp3) is 0.333. The zero-order chi connectivity index (χ0) is 12.3. The van der Waals surface area contributed by atoms with E-state index in [1.165, 1.54) is 0 Å². The lowest BCUT2D eigenvalue weighted by molar-refractivity contribution is 0.0520. The van der Waals surface area contributed by atoms with Crippen molar-refractivity contribution in [1.82, 2.24) is 4.98 Å². The van der Waals surface area contributed by atoms with Gasteiger partial charge in [-0.3, -0.25) is 0 Å². The fourth-order valence-electron chi connectivity index (χ4n) is 1.08. The SMILES string of the molecule is CCOC(=O)c1nc(Br)cc(C(F)F)c1N. The summed E-state index contributed by atoms with van der Waals surface area (Å²) in [7, 11) is 0. The van der Waals surface area contributed by atoms with Crippen molar-refractivity contribution < 1.29 is 18.3 Å². The largest absolute Gasteiger partial charge is 0.461 e. The summed E-state index contributed by atoms with van der Waals surface area (Å²) in [6.45, 7) is 1.72. The number of nitrogens with zero attached hydrogens (tertiary/aromatic N) is 1. The number of nitrogen functional groups attached to an aromatic ring is 1. The zero-order valence-electron chi connectivity index (χ0n) is 8.34. The summed E-state index contributed by atoms with van der Waals surface area (Å²) >= 11 is 2.93. The second kappa shape index (κ2) is 5.20. The van der Waals surface area contributed by atoms with Crippen LogP contribution in [0.3, 0.4) is 0 Å². The number of alkyl halides is 2. The molecule has 0 aliphatic heterocycles. The van der Waals surface area contributed by atoms with Crippen molar-refractivity contribution in [3.05, 3.63) is 21.9 Å². The number of carbonyl (C=O) groups is 1. The van der Waals surface area contributed by atoms with Gasteiger partial charge in [0.1, 0.15) is 4.60 Å². The molecule has 0 unspecified atom stereocenters. The number of anilines is 1. The van der Waals surface area contributed by atoms with Crippen molar-refractivity contribution in [2.24, 2.45) is 0 Å². The van der Waals surface area contributed by atoms with Crippen molar-refractivity contribution in [3.8, 4) is 0 Å². The van der Waals surface area contributed by atoms with Crippen molar-refractivity contribution in [2.75, 3.05) is 12.3 Å². The number of rotatable bonds is 3. The number of carbonyl (C=O) groups excluding carboxylic acids is 1. The molecule has 0 amide bonds. The summed E-state index contributed by atoms with van der Waals surface area (Å²) < 4.78 is 29.9. The average Bonchev–Trinajstić information content (AvgIpc) is 2.20. The Labute approximate surface area is 98.9 Å². The molecule has 1 heterocycles. The van der Waals surface area contributed by atoms with Gasteiger partial charge in [-0.05, 0) is 28.9 Å². The Hall–Kier alpha value is -1.24. The first kappa shape index (κ1) is 12.8. The van der Waals surface area contributed by atoms with Gasteiger partial charge in [0.15, 0.2) is 5.69 Å². The minimum Gasteiger partial charge on any atom is -0.461 e. The highest BCUT2D eigenvalue weighted by atomic mass is 79.9. The van der Waals surface area contributed by atoms with Crippen LogP contribution in [-0.2, 0) is 4.74 Å². The van der Waals surface area contributed by atoms with E-state index in [1.54, 1.807) is 6.92 Å². The Morgan fingerprint density at radius 3 is 2.81 bits per heavy atom. The second-order valence-electron chi connectivity index (χ2n) is 2.82. The summed E-state index contributed by atoms with van der Waals surface area (Å²) in [5.41, 5.74) is 4.33. The number of hydrogen-bond acceptors (Lipinski definition) is 4. The molecule has 16 heavy (non-hydrogen) atoms. The van der Waals surface area contributed by atoms with Crippen LogP contribution in [0.15, 0.2) is 10.7 Å². The van der Waals surface area contributed by atoms with E-state index < -0.39 is 18.0 Å². The molecule has 2 N–H and O–H groups in total. The molecule has 0 aliphatic carbocycles. The normalized spacial score (nSPS) is 10.6. The third-order valence-corrected chi connectivity index (χ3v) is 2.17. The molecule has 0 saturated carbocycles. The van der Waals surface area contributed by atoms with Gasteiger partial charge in [-0.1, -0.05) is 0 Å². The topological polar surface area (TPSA) is 65.2 Å². The van der Waals surface area contributed by atoms with Crippen LogP contribution in [0.1, 0.15) is 29.4 Å². The highest BCUT2D eigenvalue weighted by Crippen LogP contribution is 2.29. The first-order valence-corrected chi connectivity index (χ1v) is 5.17. The predicted molar refractivity (Wildman–Crippen MR) is 57.3 cm³/mol. The summed E-state index contributed by atoms with van der Waals surface area (Å²) in [5.74, 6) is -0.816. The summed E-state index contributed by atoms with van der Waals surface area (Å²) in [4.78, 5) is 15.1. The van der Waals surface area contributed by atoms with Gasteiger partial charge in [-0.2, -0.15) is 0 Å². The van der Waals surface area contributed by atoms with Gasteiger partial charge in [0, 0.05) is 5.56 Å². The highest BCUT2D eigenvalue weighted by Gasteiger charge is 2.21. The van der Waals surface area contributed by atoms with Gasteiger partial charge in [0.25, 0.3) is 6.43 Å². The van der Waals surface area contributed by atoms with Gasteiger partial charge in [0.2, 0.25) is 0 Å². The number of esters is 1. The van der Waals surface area contributed by atoms with Gasteiger partial charge in [-0.15, -0.1) is 0 Å². The Morgan fingerprint density at radius 1 is 1.69 bits per heavy atom. The van der Waals surface area contributed by atoms with Crippen LogP contribution in [0, 0.1) is 0 Å². The van der Waals surface area contributed by atoms with Crippen LogP contribution in [-0.4, -0.2) is 17.6 Å². The third kappa shape index (κ3) is 2.66. The van der Waals surface area contributed by atoms with Crippen LogP contribution < -0.4 is 5.73 Å². The number of halogens is 3. The maximum absolute atomic E-state index is 12.6. The lowest BCUT2D eigenvalue weighted by Gasteiger charge is -2.09. The van der Waals surface area contributed by atoms with E-state index in [0.29, 0.717) is 0 Å². The van der Waals surface area contributed by atoms with Crippen molar-refractivity contribution in [1.29, 1.82) is 0 Å². The van der Waals surface area contributed by atoms with Crippen LogP contribution in [0.25, 0.3) is 0 Å². The summed E-state index contributed by atoms with van der Waals surface area (Å²) in [5, 5.41) is 0. The fourth-order valence-corrected chi connectivity index (χ4v) is 1.50. The molecular formula is C9H9BrF2N2O2. The van der Waals surface area contributed by atoms with E-state index in [-0.39, 0.29) is 22.6 Å². The lowest BCUT2D eigenvalue weighted by atomic mass is 10.2. The molecular weight excluding hydrogens is 286 g/mol. The quantitative estimate of drug-likeness (QED) is 0.687. The van der Waals surface area contributed by atoms with E-state index in [9.17, 15) is 13.6 Å². The summed E-state index contributed by atoms with van der Waals surface area (Å²) in [6.07, 6.45) is -2.77. The Morgan fingerprint density at radius 2 is 2.31 bits per heavy atom. The maximum Gasteiger partial charge on any atom is 0.359 e. The van der Waals surface area contributed by atoms with Crippen LogP contribution >= 0.6 is 15.9 Å². The Kier molecular flexibility index (Phi) is 4.17. The van der Waals surface area contributed by atoms with Gasteiger partial charge in [0.05, 0.1) is 12.3 Å². The van der Waals surface area contributed by atoms with E-state index in [1.807, 2.05) is 0 Å². The lowest BCUT2D eigenvalue weighted by Crippen LogP contribution is -2.12. The maximum atomic E-state index is 12.6. The van der Waals surface area contributed by atoms with Crippen molar-refractivity contribution in [2.45, 2.75) is 13.3 Å². The smallest absolute Gasteiger partial charge is 0.359 e. The Balaban J connectivity index is 3.24. The molecule has 0 spiro atoms. The second-order valence-corrected chi connectivity index (χ2v) is 3.63. The molecule has 1 aromatic rings. The molecule has 0 radical (unpaired) electrons. The number of hydrogen-bond donors (Lipinski definition) is 1. The number of aromatic nitrogens is 1. The van der Waals surface area contributed by atoms with Crippen molar-refractivity contribution in [3.63, 3.8) is 0 Å². The summed E-state index contributed by atoms with van der Waals surface area (Å²) in [6, 6.07) is 1.07. The van der Waals surface area contributed by atoms with E-state index in [4.69, 9.17) is 5.73 Å². The first-order chi connectivity index (χ1) is 7.47. The molecule has 0 atom stereocenters. The molecule has 1 aromatic heterocycles. The minimum absolute atomic E-state index is 0.111. The van der Waals surface area contributed by atoms with Gasteiger partial charge < -0.3 is 10.5 Å². The third-order valence-electron chi connectivity index (χ3n) is 1.76. The monoisotopic (exact) mass is 294 g/mol. The molecule has 0 bridgehead atoms. The number of nitrogens with two attached hydrogens (primary N) is 1. The van der Waals surface area contributed by atoms with E-state index >= 15 is 0 Å². The zero-order valence-corrected chi connectivity index (χ0v) is 9.92. The first-order valence-electron chi connectivity index (χ1n) is 4.38. The molecule has 88 valence electrons. The minimum atomic E-state index is -2.77. The average molecular weight is 295 g/mol. The van der Waals surface area contributed by atoms with Crippen LogP contribution in [0.5, 0.6) is 0 Å². The molecule has 1 rings (SSSR count). The van der Waals surface area contributed by atoms with Crippen molar-refractivity contribution >= 4 is 27.6 Å². The molecule has 7 heteroatoms. The molecule has 0 aromatic carbocycles. The van der Waals surface area contributed by atoms with Crippen LogP contribution in [0.2, 0.25) is 0 Å². The highest BCUT2D eigenvalue weighted by molar-refractivity contribution is 9.10. The number of ether oxygens (including phenoxy) is 1. The van der Waals surface area contributed by atoms with Gasteiger partial charge >= 0.3 is 5.97 Å². The standard InChI is InChI=1S/C9H9BrF2N2O2/c1-2-16-9(15)7-6(13)4(8(11)12)3-5(10)14-7/h3,8H,2,13H2,1H3. The Bertz CT molecular complexity index is 413. The van der Waals surface area contributed by atoms with E-state index in [2.05, 4.69) is 25.7 Å².